The predicted molar refractivity (Wildman–Crippen MR) is 60.3 cm³/mol. The second kappa shape index (κ2) is 5.46. The zero-order valence-corrected chi connectivity index (χ0v) is 9.10. The van der Waals surface area contributed by atoms with Crippen LogP contribution in [-0.2, 0) is 4.79 Å². The average molecular weight is 207 g/mol. The number of hydrogen-bond acceptors (Lipinski definition) is 3. The van der Waals surface area contributed by atoms with E-state index in [2.05, 4.69) is 10.3 Å². The fraction of sp³-hybridized carbons (Fsp3) is 0.455. The van der Waals surface area contributed by atoms with Crippen LogP contribution in [0.15, 0.2) is 24.5 Å². The number of aromatic nitrogens is 1. The van der Waals surface area contributed by atoms with Crippen LogP contribution < -0.4 is 11.1 Å². The second-order valence-corrected chi connectivity index (χ2v) is 3.96. The first-order chi connectivity index (χ1) is 7.09. The summed E-state index contributed by atoms with van der Waals surface area (Å²) < 4.78 is 0. The van der Waals surface area contributed by atoms with Gasteiger partial charge in [0.05, 0.1) is 6.04 Å². The maximum Gasteiger partial charge on any atom is 0.241 e. The van der Waals surface area contributed by atoms with Gasteiger partial charge >= 0.3 is 0 Å². The van der Waals surface area contributed by atoms with E-state index in [4.69, 9.17) is 5.73 Å². The molecule has 4 nitrogen and oxygen atoms in total. The van der Waals surface area contributed by atoms with Crippen molar-refractivity contribution < 1.29 is 4.79 Å². The number of rotatable bonds is 4. The maximum atomic E-state index is 11.6. The van der Waals surface area contributed by atoms with Crippen molar-refractivity contribution in [3.8, 4) is 0 Å². The lowest BCUT2D eigenvalue weighted by Crippen LogP contribution is -2.36. The van der Waals surface area contributed by atoms with Crippen LogP contribution in [0.5, 0.6) is 0 Å². The molecule has 82 valence electrons. The summed E-state index contributed by atoms with van der Waals surface area (Å²) in [7, 11) is 0. The molecule has 1 unspecified atom stereocenters. The van der Waals surface area contributed by atoms with Crippen LogP contribution in [0.25, 0.3) is 0 Å². The Morgan fingerprint density at radius 1 is 1.47 bits per heavy atom. The molecule has 0 saturated carbocycles. The summed E-state index contributed by atoms with van der Waals surface area (Å²) in [5.41, 5.74) is 6.47. The molecular formula is C11H17N3O. The number of carbonyl (C=O) groups is 1. The van der Waals surface area contributed by atoms with Crippen LogP contribution in [0.3, 0.4) is 0 Å². The van der Waals surface area contributed by atoms with Crippen molar-refractivity contribution in [2.45, 2.75) is 26.3 Å². The fourth-order valence-corrected chi connectivity index (χ4v) is 1.29. The minimum absolute atomic E-state index is 0.144. The van der Waals surface area contributed by atoms with Gasteiger partial charge in [0.15, 0.2) is 0 Å². The van der Waals surface area contributed by atoms with Crippen LogP contribution in [-0.4, -0.2) is 16.9 Å². The Morgan fingerprint density at radius 2 is 2.07 bits per heavy atom. The van der Waals surface area contributed by atoms with E-state index in [9.17, 15) is 4.79 Å². The first kappa shape index (κ1) is 11.7. The SMILES string of the molecule is CC(C)CC(N)C(=O)Nc1ccncc1. The fourth-order valence-electron chi connectivity index (χ4n) is 1.29. The molecule has 0 aliphatic rings. The monoisotopic (exact) mass is 207 g/mol. The molecule has 1 heterocycles. The van der Waals surface area contributed by atoms with Gasteiger partial charge in [-0.2, -0.15) is 0 Å². The van der Waals surface area contributed by atoms with Crippen molar-refractivity contribution in [1.82, 2.24) is 4.98 Å². The second-order valence-electron chi connectivity index (χ2n) is 3.96. The quantitative estimate of drug-likeness (QED) is 0.784. The van der Waals surface area contributed by atoms with Crippen LogP contribution >= 0.6 is 0 Å². The Balaban J connectivity index is 2.49. The molecule has 0 fully saturated rings. The minimum Gasteiger partial charge on any atom is -0.325 e. The van der Waals surface area contributed by atoms with Gasteiger partial charge in [0.25, 0.3) is 0 Å². The Bertz CT molecular complexity index is 311. The van der Waals surface area contributed by atoms with E-state index >= 15 is 0 Å². The van der Waals surface area contributed by atoms with Gasteiger partial charge in [-0.3, -0.25) is 9.78 Å². The highest BCUT2D eigenvalue weighted by Crippen LogP contribution is 2.07. The van der Waals surface area contributed by atoms with E-state index in [1.54, 1.807) is 24.5 Å². The smallest absolute Gasteiger partial charge is 0.241 e. The Hall–Kier alpha value is -1.42. The molecule has 0 saturated heterocycles. The molecule has 15 heavy (non-hydrogen) atoms. The molecular weight excluding hydrogens is 190 g/mol. The lowest BCUT2D eigenvalue weighted by atomic mass is 10.0. The number of hydrogen-bond donors (Lipinski definition) is 2. The van der Waals surface area contributed by atoms with Gasteiger partial charge in [0, 0.05) is 18.1 Å². The summed E-state index contributed by atoms with van der Waals surface area (Å²) in [5, 5.41) is 2.74. The molecule has 0 aromatic carbocycles. The number of nitrogens with two attached hydrogens (primary N) is 1. The van der Waals surface area contributed by atoms with Crippen molar-refractivity contribution in [3.05, 3.63) is 24.5 Å². The Kier molecular flexibility index (Phi) is 4.24. The molecule has 0 spiro atoms. The summed E-state index contributed by atoms with van der Waals surface area (Å²) in [6.45, 7) is 4.08. The molecule has 1 rings (SSSR count). The zero-order valence-electron chi connectivity index (χ0n) is 9.10. The summed E-state index contributed by atoms with van der Waals surface area (Å²) in [4.78, 5) is 15.5. The van der Waals surface area contributed by atoms with Gasteiger partial charge < -0.3 is 11.1 Å². The largest absolute Gasteiger partial charge is 0.325 e. The Labute approximate surface area is 89.9 Å². The highest BCUT2D eigenvalue weighted by molar-refractivity contribution is 5.94. The number of nitrogens with zero attached hydrogens (tertiary/aromatic N) is 1. The number of anilines is 1. The first-order valence-corrected chi connectivity index (χ1v) is 5.06. The maximum absolute atomic E-state index is 11.6. The zero-order chi connectivity index (χ0) is 11.3. The third-order valence-corrected chi connectivity index (χ3v) is 2.01. The summed E-state index contributed by atoms with van der Waals surface area (Å²) in [5.74, 6) is 0.276. The van der Waals surface area contributed by atoms with Crippen molar-refractivity contribution in [1.29, 1.82) is 0 Å². The first-order valence-electron chi connectivity index (χ1n) is 5.06. The topological polar surface area (TPSA) is 68.0 Å². The molecule has 1 atom stereocenters. The molecule has 0 bridgehead atoms. The van der Waals surface area contributed by atoms with E-state index in [1.165, 1.54) is 0 Å². The van der Waals surface area contributed by atoms with Crippen LogP contribution in [0.4, 0.5) is 5.69 Å². The van der Waals surface area contributed by atoms with Crippen molar-refractivity contribution in [3.63, 3.8) is 0 Å². The molecule has 3 N–H and O–H groups in total. The van der Waals surface area contributed by atoms with E-state index in [0.29, 0.717) is 12.3 Å². The van der Waals surface area contributed by atoms with Crippen LogP contribution in [0.1, 0.15) is 20.3 Å². The number of amides is 1. The number of pyridine rings is 1. The highest BCUT2D eigenvalue weighted by atomic mass is 16.2. The third-order valence-electron chi connectivity index (χ3n) is 2.01. The lowest BCUT2D eigenvalue weighted by molar-refractivity contribution is -0.117. The van der Waals surface area contributed by atoms with E-state index in [0.717, 1.165) is 5.69 Å². The van der Waals surface area contributed by atoms with Gasteiger partial charge in [0.2, 0.25) is 5.91 Å². The molecule has 1 aromatic rings. The third kappa shape index (κ3) is 4.08. The standard InChI is InChI=1S/C11H17N3O/c1-8(2)7-10(12)11(15)14-9-3-5-13-6-4-9/h3-6,8,10H,7,12H2,1-2H3,(H,13,14,15). The van der Waals surface area contributed by atoms with Crippen molar-refractivity contribution in [2.75, 3.05) is 5.32 Å². The summed E-state index contributed by atoms with van der Waals surface area (Å²) in [6, 6.07) is 3.03. The summed E-state index contributed by atoms with van der Waals surface area (Å²) >= 11 is 0. The number of carbonyl (C=O) groups excluding carboxylic acids is 1. The van der Waals surface area contributed by atoms with Crippen molar-refractivity contribution >= 4 is 11.6 Å². The average Bonchev–Trinajstić information content (AvgIpc) is 2.18. The number of nitrogens with one attached hydrogen (secondary N) is 1. The van der Waals surface area contributed by atoms with E-state index in [-0.39, 0.29) is 5.91 Å². The van der Waals surface area contributed by atoms with E-state index < -0.39 is 6.04 Å². The molecule has 0 aliphatic heterocycles. The lowest BCUT2D eigenvalue weighted by Gasteiger charge is -2.13. The molecule has 4 heteroatoms. The van der Waals surface area contributed by atoms with Gasteiger partial charge in [-0.1, -0.05) is 13.8 Å². The van der Waals surface area contributed by atoms with E-state index in [1.807, 2.05) is 13.8 Å². The minimum atomic E-state index is -0.446. The Morgan fingerprint density at radius 3 is 2.60 bits per heavy atom. The van der Waals surface area contributed by atoms with Gasteiger partial charge in [-0.25, -0.2) is 0 Å². The van der Waals surface area contributed by atoms with Gasteiger partial charge in [0.1, 0.15) is 0 Å². The molecule has 1 amide bonds. The van der Waals surface area contributed by atoms with Crippen LogP contribution in [0, 0.1) is 5.92 Å². The summed E-state index contributed by atoms with van der Waals surface area (Å²) in [6.07, 6.45) is 3.95. The highest BCUT2D eigenvalue weighted by Gasteiger charge is 2.14. The van der Waals surface area contributed by atoms with Gasteiger partial charge in [-0.05, 0) is 24.5 Å². The normalized spacial score (nSPS) is 12.5. The van der Waals surface area contributed by atoms with Crippen LogP contribution in [0.2, 0.25) is 0 Å². The molecule has 0 aliphatic carbocycles. The molecule has 1 aromatic heterocycles. The van der Waals surface area contributed by atoms with Crippen molar-refractivity contribution in [2.24, 2.45) is 11.7 Å². The van der Waals surface area contributed by atoms with Gasteiger partial charge in [-0.15, -0.1) is 0 Å². The molecule has 0 radical (unpaired) electrons. The predicted octanol–water partition coefficient (Wildman–Crippen LogP) is 1.39.